The molecule has 1 aliphatic carbocycles. The zero-order valence-corrected chi connectivity index (χ0v) is 11.8. The van der Waals surface area contributed by atoms with Crippen molar-refractivity contribution in [3.8, 4) is 5.69 Å². The fourth-order valence-corrected chi connectivity index (χ4v) is 2.42. The van der Waals surface area contributed by atoms with E-state index in [2.05, 4.69) is 4.98 Å². The van der Waals surface area contributed by atoms with Crippen LogP contribution in [-0.4, -0.2) is 20.6 Å². The van der Waals surface area contributed by atoms with E-state index in [1.807, 2.05) is 29.0 Å². The quantitative estimate of drug-likeness (QED) is 0.802. The number of rotatable bonds is 3. The second-order valence-electron chi connectivity index (χ2n) is 5.09. The summed E-state index contributed by atoms with van der Waals surface area (Å²) in [5, 5.41) is 9.80. The molecule has 2 heterocycles. The third-order valence-electron chi connectivity index (χ3n) is 3.61. The fourth-order valence-electron chi connectivity index (χ4n) is 2.42. The van der Waals surface area contributed by atoms with Gasteiger partial charge in [0.15, 0.2) is 5.58 Å². The maximum absolute atomic E-state index is 11.0. The second-order valence-corrected chi connectivity index (χ2v) is 5.09. The number of imidazole rings is 1. The van der Waals surface area contributed by atoms with Gasteiger partial charge in [0, 0.05) is 17.5 Å². The van der Waals surface area contributed by atoms with E-state index in [0.29, 0.717) is 11.5 Å². The largest absolute Gasteiger partial charge is 0.475 e. The molecule has 0 saturated heterocycles. The Morgan fingerprint density at radius 1 is 1.38 bits per heavy atom. The maximum atomic E-state index is 11.0. The molecule has 0 spiro atoms. The molecule has 2 aromatic heterocycles. The summed E-state index contributed by atoms with van der Waals surface area (Å²) in [6.45, 7) is 0. The maximum Gasteiger partial charge on any atom is 0.371 e. The molecule has 0 radical (unpaired) electrons. The lowest BCUT2D eigenvalue weighted by atomic mass is 10.2. The van der Waals surface area contributed by atoms with Crippen LogP contribution >= 0.6 is 12.4 Å². The number of fused-ring (bicyclic) bond motifs is 1. The molecule has 0 unspecified atom stereocenters. The minimum absolute atomic E-state index is 0. The summed E-state index contributed by atoms with van der Waals surface area (Å²) < 4.78 is 7.35. The number of para-hydroxylation sites is 1. The topological polar surface area (TPSA) is 68.3 Å². The van der Waals surface area contributed by atoms with E-state index in [4.69, 9.17) is 9.52 Å². The number of carboxylic acids is 1. The molecule has 6 heteroatoms. The summed E-state index contributed by atoms with van der Waals surface area (Å²) in [6.07, 6.45) is 6.15. The lowest BCUT2D eigenvalue weighted by Crippen LogP contribution is -1.92. The molecule has 5 nitrogen and oxygen atoms in total. The highest BCUT2D eigenvalue weighted by atomic mass is 35.5. The Balaban J connectivity index is 0.00000132. The van der Waals surface area contributed by atoms with Crippen LogP contribution in [0, 0.1) is 0 Å². The molecular weight excluding hydrogens is 292 g/mol. The van der Waals surface area contributed by atoms with Crippen molar-refractivity contribution in [3.05, 3.63) is 48.2 Å². The highest BCUT2D eigenvalue weighted by molar-refractivity contribution is 5.94. The Labute approximate surface area is 126 Å². The number of hydrogen-bond acceptors (Lipinski definition) is 3. The van der Waals surface area contributed by atoms with Crippen LogP contribution < -0.4 is 0 Å². The van der Waals surface area contributed by atoms with Crippen LogP contribution in [0.1, 0.15) is 35.0 Å². The normalized spacial score (nSPS) is 14.1. The van der Waals surface area contributed by atoms with Gasteiger partial charge in [-0.05, 0) is 25.0 Å². The van der Waals surface area contributed by atoms with Crippen LogP contribution in [0.4, 0.5) is 0 Å². The number of nitrogens with zero attached hydrogens (tertiary/aromatic N) is 2. The third-order valence-corrected chi connectivity index (χ3v) is 3.61. The Morgan fingerprint density at radius 2 is 2.19 bits per heavy atom. The molecule has 1 saturated carbocycles. The van der Waals surface area contributed by atoms with Gasteiger partial charge in [0.1, 0.15) is 0 Å². The number of halogens is 1. The molecule has 1 fully saturated rings. The lowest BCUT2D eigenvalue weighted by molar-refractivity contribution is 0.0665. The molecule has 1 aliphatic rings. The standard InChI is InChI=1S/C15H12N2O3.ClH/c18-15(19)13-6-10-2-1-3-12(14(10)20-13)17-7-11(16-8-17)9-4-5-9;/h1-3,6-9H,4-5H2,(H,18,19);1H. The monoisotopic (exact) mass is 304 g/mol. The van der Waals surface area contributed by atoms with E-state index in [1.54, 1.807) is 12.4 Å². The Morgan fingerprint density at radius 3 is 2.90 bits per heavy atom. The van der Waals surface area contributed by atoms with Crippen molar-refractivity contribution in [3.63, 3.8) is 0 Å². The predicted octanol–water partition coefficient (Wildman–Crippen LogP) is 3.62. The van der Waals surface area contributed by atoms with E-state index in [0.717, 1.165) is 16.8 Å². The van der Waals surface area contributed by atoms with Crippen LogP contribution in [0.2, 0.25) is 0 Å². The summed E-state index contributed by atoms with van der Waals surface area (Å²) in [4.78, 5) is 15.4. The average molecular weight is 305 g/mol. The van der Waals surface area contributed by atoms with Crippen molar-refractivity contribution in [2.24, 2.45) is 0 Å². The highest BCUT2D eigenvalue weighted by Gasteiger charge is 2.26. The van der Waals surface area contributed by atoms with Crippen LogP contribution in [0.25, 0.3) is 16.7 Å². The average Bonchev–Trinajstić information content (AvgIpc) is 3.02. The molecule has 1 N–H and O–H groups in total. The van der Waals surface area contributed by atoms with E-state index in [1.165, 1.54) is 12.8 Å². The fraction of sp³-hybridized carbons (Fsp3) is 0.200. The predicted molar refractivity (Wildman–Crippen MR) is 79.5 cm³/mol. The van der Waals surface area contributed by atoms with Gasteiger partial charge in [-0.2, -0.15) is 0 Å². The van der Waals surface area contributed by atoms with E-state index in [-0.39, 0.29) is 18.2 Å². The van der Waals surface area contributed by atoms with E-state index in [9.17, 15) is 4.79 Å². The molecule has 21 heavy (non-hydrogen) atoms. The third kappa shape index (κ3) is 2.29. The molecular formula is C15H13ClN2O3. The zero-order chi connectivity index (χ0) is 13.7. The highest BCUT2D eigenvalue weighted by Crippen LogP contribution is 2.39. The number of carboxylic acid groups (broad SMARTS) is 1. The van der Waals surface area contributed by atoms with Gasteiger partial charge in [0.25, 0.3) is 0 Å². The summed E-state index contributed by atoms with van der Waals surface area (Å²) in [5.74, 6) is -0.520. The van der Waals surface area contributed by atoms with Gasteiger partial charge in [-0.3, -0.25) is 0 Å². The summed E-state index contributed by atoms with van der Waals surface area (Å²) in [5.41, 5.74) is 2.48. The minimum atomic E-state index is -1.06. The number of aromatic carboxylic acids is 1. The smallest absolute Gasteiger partial charge is 0.371 e. The molecule has 0 bridgehead atoms. The Kier molecular flexibility index (Phi) is 3.22. The van der Waals surface area contributed by atoms with Gasteiger partial charge in [-0.15, -0.1) is 12.4 Å². The van der Waals surface area contributed by atoms with E-state index >= 15 is 0 Å². The first-order valence-electron chi connectivity index (χ1n) is 6.52. The van der Waals surface area contributed by atoms with Gasteiger partial charge in [-0.1, -0.05) is 12.1 Å². The Hall–Kier alpha value is -2.27. The van der Waals surface area contributed by atoms with Gasteiger partial charge < -0.3 is 14.1 Å². The van der Waals surface area contributed by atoms with E-state index < -0.39 is 5.97 Å². The SMILES string of the molecule is Cl.O=C(O)c1cc2cccc(-n3cnc(C4CC4)c3)c2o1. The van der Waals surface area contributed by atoms with Crippen LogP contribution in [-0.2, 0) is 0 Å². The van der Waals surface area contributed by atoms with Gasteiger partial charge in [0.05, 0.1) is 17.7 Å². The molecule has 0 aliphatic heterocycles. The molecule has 1 aromatic carbocycles. The van der Waals surface area contributed by atoms with Crippen LogP contribution in [0.5, 0.6) is 0 Å². The number of aromatic nitrogens is 2. The first-order valence-corrected chi connectivity index (χ1v) is 6.52. The first-order chi connectivity index (χ1) is 9.72. The van der Waals surface area contributed by atoms with Crippen molar-refractivity contribution < 1.29 is 14.3 Å². The summed E-state index contributed by atoms with van der Waals surface area (Å²) >= 11 is 0. The summed E-state index contributed by atoms with van der Waals surface area (Å²) in [6, 6.07) is 7.17. The van der Waals surface area contributed by atoms with Gasteiger partial charge in [0.2, 0.25) is 5.76 Å². The van der Waals surface area contributed by atoms with Crippen molar-refractivity contribution in [2.75, 3.05) is 0 Å². The number of benzene rings is 1. The number of furan rings is 1. The minimum Gasteiger partial charge on any atom is -0.475 e. The number of carbonyl (C=O) groups is 1. The molecule has 108 valence electrons. The lowest BCUT2D eigenvalue weighted by Gasteiger charge is -2.02. The summed E-state index contributed by atoms with van der Waals surface area (Å²) in [7, 11) is 0. The van der Waals surface area contributed by atoms with Crippen molar-refractivity contribution in [2.45, 2.75) is 18.8 Å². The zero-order valence-electron chi connectivity index (χ0n) is 11.0. The Bertz CT molecular complexity index is 817. The first kappa shape index (κ1) is 13.7. The van der Waals surface area contributed by atoms with Crippen LogP contribution in [0.15, 0.2) is 41.2 Å². The molecule has 0 amide bonds. The van der Waals surface area contributed by atoms with Crippen molar-refractivity contribution in [1.29, 1.82) is 0 Å². The molecule has 0 atom stereocenters. The van der Waals surface area contributed by atoms with Crippen molar-refractivity contribution in [1.82, 2.24) is 9.55 Å². The van der Waals surface area contributed by atoms with Crippen LogP contribution in [0.3, 0.4) is 0 Å². The number of hydrogen-bond donors (Lipinski definition) is 1. The molecule has 3 aromatic rings. The van der Waals surface area contributed by atoms with Gasteiger partial charge >= 0.3 is 5.97 Å². The van der Waals surface area contributed by atoms with Crippen molar-refractivity contribution >= 4 is 29.3 Å². The molecule has 4 rings (SSSR count). The van der Waals surface area contributed by atoms with Gasteiger partial charge in [-0.25, -0.2) is 9.78 Å². The second kappa shape index (κ2) is 4.93.